The van der Waals surface area contributed by atoms with Crippen LogP contribution in [0.1, 0.15) is 12.8 Å². The zero-order valence-electron chi connectivity index (χ0n) is 10.1. The van der Waals surface area contributed by atoms with Gasteiger partial charge in [0.2, 0.25) is 0 Å². The number of nitrogens with one attached hydrogen (secondary N) is 1. The van der Waals surface area contributed by atoms with Crippen molar-refractivity contribution in [3.63, 3.8) is 0 Å². The Hall–Kier alpha value is -1.55. The minimum Gasteiger partial charge on any atom is -0.410 e. The minimum absolute atomic E-state index is 0.245. The van der Waals surface area contributed by atoms with Crippen LogP contribution in [0.2, 0.25) is 0 Å². The highest BCUT2D eigenvalue weighted by molar-refractivity contribution is 5.70. The SMILES string of the molecule is CNC1CCN(C(=O)Oc2ccccc2)CC1. The molecule has 0 aromatic heterocycles. The minimum atomic E-state index is -0.245. The van der Waals surface area contributed by atoms with Crippen LogP contribution in [0.15, 0.2) is 30.3 Å². The summed E-state index contributed by atoms with van der Waals surface area (Å²) >= 11 is 0. The zero-order valence-corrected chi connectivity index (χ0v) is 10.1. The Labute approximate surface area is 102 Å². The molecule has 0 aliphatic carbocycles. The Morgan fingerprint density at radius 3 is 2.53 bits per heavy atom. The first-order valence-electron chi connectivity index (χ1n) is 5.98. The molecule has 1 aliphatic rings. The second kappa shape index (κ2) is 5.68. The van der Waals surface area contributed by atoms with Gasteiger partial charge in [-0.05, 0) is 32.0 Å². The third kappa shape index (κ3) is 3.20. The summed E-state index contributed by atoms with van der Waals surface area (Å²) in [4.78, 5) is 13.6. The van der Waals surface area contributed by atoms with Crippen molar-refractivity contribution in [1.29, 1.82) is 0 Å². The van der Waals surface area contributed by atoms with E-state index in [-0.39, 0.29) is 6.09 Å². The van der Waals surface area contributed by atoms with E-state index in [2.05, 4.69) is 5.32 Å². The quantitative estimate of drug-likeness (QED) is 0.849. The average Bonchev–Trinajstić information content (AvgIpc) is 2.40. The number of likely N-dealkylation sites (tertiary alicyclic amines) is 1. The van der Waals surface area contributed by atoms with E-state index in [4.69, 9.17) is 4.74 Å². The number of ether oxygens (including phenoxy) is 1. The summed E-state index contributed by atoms with van der Waals surface area (Å²) in [5, 5.41) is 3.23. The lowest BCUT2D eigenvalue weighted by Gasteiger charge is -2.30. The van der Waals surface area contributed by atoms with Gasteiger partial charge >= 0.3 is 6.09 Å². The van der Waals surface area contributed by atoms with E-state index in [0.717, 1.165) is 25.9 Å². The Balaban J connectivity index is 1.85. The van der Waals surface area contributed by atoms with Crippen molar-refractivity contribution in [1.82, 2.24) is 10.2 Å². The molecule has 1 aliphatic heterocycles. The van der Waals surface area contributed by atoms with E-state index in [1.807, 2.05) is 25.2 Å². The van der Waals surface area contributed by atoms with E-state index in [0.29, 0.717) is 11.8 Å². The van der Waals surface area contributed by atoms with Gasteiger partial charge in [-0.25, -0.2) is 4.79 Å². The smallest absolute Gasteiger partial charge is 0.410 e. The van der Waals surface area contributed by atoms with Gasteiger partial charge in [-0.2, -0.15) is 0 Å². The maximum atomic E-state index is 11.8. The molecule has 0 bridgehead atoms. The van der Waals surface area contributed by atoms with Gasteiger partial charge in [0, 0.05) is 19.1 Å². The van der Waals surface area contributed by atoms with Crippen molar-refractivity contribution in [2.75, 3.05) is 20.1 Å². The van der Waals surface area contributed by atoms with Gasteiger partial charge in [-0.3, -0.25) is 0 Å². The molecule has 1 heterocycles. The molecule has 4 nitrogen and oxygen atoms in total. The van der Waals surface area contributed by atoms with E-state index in [1.165, 1.54) is 0 Å². The lowest BCUT2D eigenvalue weighted by molar-refractivity contribution is 0.136. The van der Waals surface area contributed by atoms with Crippen LogP contribution in [0.25, 0.3) is 0 Å². The van der Waals surface area contributed by atoms with Crippen LogP contribution in [0.5, 0.6) is 5.75 Å². The number of nitrogens with zero attached hydrogens (tertiary/aromatic N) is 1. The van der Waals surface area contributed by atoms with Gasteiger partial charge in [0.1, 0.15) is 5.75 Å². The number of piperidine rings is 1. The number of rotatable bonds is 2. The predicted octanol–water partition coefficient (Wildman–Crippen LogP) is 1.87. The van der Waals surface area contributed by atoms with Gasteiger partial charge in [0.15, 0.2) is 0 Å². The predicted molar refractivity (Wildman–Crippen MR) is 66.1 cm³/mol. The van der Waals surface area contributed by atoms with Gasteiger partial charge in [0.05, 0.1) is 0 Å². The molecule has 0 spiro atoms. The molecule has 0 atom stereocenters. The normalized spacial score (nSPS) is 16.9. The van der Waals surface area contributed by atoms with E-state index < -0.39 is 0 Å². The fourth-order valence-corrected chi connectivity index (χ4v) is 2.00. The largest absolute Gasteiger partial charge is 0.415 e. The summed E-state index contributed by atoms with van der Waals surface area (Å²) in [7, 11) is 1.96. The number of benzene rings is 1. The Morgan fingerprint density at radius 2 is 1.94 bits per heavy atom. The third-order valence-corrected chi connectivity index (χ3v) is 3.11. The molecule has 0 saturated carbocycles. The van der Waals surface area contributed by atoms with Crippen LogP contribution in [-0.4, -0.2) is 37.2 Å². The van der Waals surface area contributed by atoms with Crippen molar-refractivity contribution < 1.29 is 9.53 Å². The first-order chi connectivity index (χ1) is 8.29. The summed E-state index contributed by atoms with van der Waals surface area (Å²) in [6.07, 6.45) is 1.73. The molecular weight excluding hydrogens is 216 g/mol. The van der Waals surface area contributed by atoms with Crippen LogP contribution in [0.4, 0.5) is 4.79 Å². The fourth-order valence-electron chi connectivity index (χ4n) is 2.00. The summed E-state index contributed by atoms with van der Waals surface area (Å²) in [6.45, 7) is 1.52. The molecule has 1 N–H and O–H groups in total. The molecule has 1 aromatic rings. The number of hydrogen-bond acceptors (Lipinski definition) is 3. The molecule has 17 heavy (non-hydrogen) atoms. The van der Waals surface area contributed by atoms with Crippen LogP contribution < -0.4 is 10.1 Å². The molecule has 0 unspecified atom stereocenters. The monoisotopic (exact) mass is 234 g/mol. The molecule has 1 fully saturated rings. The molecule has 4 heteroatoms. The van der Waals surface area contributed by atoms with E-state index in [9.17, 15) is 4.79 Å². The highest BCUT2D eigenvalue weighted by atomic mass is 16.6. The standard InChI is InChI=1S/C13H18N2O2/c1-14-11-7-9-15(10-8-11)13(16)17-12-5-3-2-4-6-12/h2-6,11,14H,7-10H2,1H3. The first-order valence-corrected chi connectivity index (χ1v) is 5.98. The second-order valence-electron chi connectivity index (χ2n) is 4.23. The van der Waals surface area contributed by atoms with Gasteiger partial charge in [0.25, 0.3) is 0 Å². The maximum absolute atomic E-state index is 11.8. The van der Waals surface area contributed by atoms with Crippen LogP contribution in [0, 0.1) is 0 Å². The highest BCUT2D eigenvalue weighted by Crippen LogP contribution is 2.14. The summed E-state index contributed by atoms with van der Waals surface area (Å²) in [5.74, 6) is 0.605. The number of para-hydroxylation sites is 1. The van der Waals surface area contributed by atoms with Gasteiger partial charge in [-0.1, -0.05) is 18.2 Å². The average molecular weight is 234 g/mol. The second-order valence-corrected chi connectivity index (χ2v) is 4.23. The van der Waals surface area contributed by atoms with Gasteiger partial charge < -0.3 is 15.0 Å². The number of amides is 1. The van der Waals surface area contributed by atoms with Crippen molar-refractivity contribution in [3.05, 3.63) is 30.3 Å². The lowest BCUT2D eigenvalue weighted by Crippen LogP contribution is -2.45. The number of hydrogen-bond donors (Lipinski definition) is 1. The Morgan fingerprint density at radius 1 is 1.29 bits per heavy atom. The topological polar surface area (TPSA) is 41.6 Å². The van der Waals surface area contributed by atoms with Crippen LogP contribution >= 0.6 is 0 Å². The third-order valence-electron chi connectivity index (χ3n) is 3.11. The Kier molecular flexibility index (Phi) is 3.98. The number of carbonyl (C=O) groups excluding carboxylic acids is 1. The first kappa shape index (κ1) is 11.9. The zero-order chi connectivity index (χ0) is 12.1. The van der Waals surface area contributed by atoms with E-state index >= 15 is 0 Å². The van der Waals surface area contributed by atoms with E-state index in [1.54, 1.807) is 17.0 Å². The highest BCUT2D eigenvalue weighted by Gasteiger charge is 2.22. The maximum Gasteiger partial charge on any atom is 0.415 e. The molecule has 1 saturated heterocycles. The molecule has 0 radical (unpaired) electrons. The van der Waals surface area contributed by atoms with Crippen molar-refractivity contribution >= 4 is 6.09 Å². The molecule has 2 rings (SSSR count). The van der Waals surface area contributed by atoms with Crippen LogP contribution in [-0.2, 0) is 0 Å². The van der Waals surface area contributed by atoms with Gasteiger partial charge in [-0.15, -0.1) is 0 Å². The Bertz CT molecular complexity index is 359. The summed E-state index contributed by atoms with van der Waals surface area (Å²) < 4.78 is 5.29. The summed E-state index contributed by atoms with van der Waals surface area (Å²) in [6, 6.07) is 9.72. The molecule has 1 aromatic carbocycles. The van der Waals surface area contributed by atoms with Crippen molar-refractivity contribution in [3.8, 4) is 5.75 Å². The lowest BCUT2D eigenvalue weighted by atomic mass is 10.1. The number of carbonyl (C=O) groups is 1. The molecular formula is C13H18N2O2. The molecule has 1 amide bonds. The van der Waals surface area contributed by atoms with Crippen molar-refractivity contribution in [2.24, 2.45) is 0 Å². The fraction of sp³-hybridized carbons (Fsp3) is 0.462. The summed E-state index contributed by atoms with van der Waals surface area (Å²) in [5.41, 5.74) is 0. The van der Waals surface area contributed by atoms with Crippen molar-refractivity contribution in [2.45, 2.75) is 18.9 Å². The van der Waals surface area contributed by atoms with Crippen LogP contribution in [0.3, 0.4) is 0 Å². The molecule has 92 valence electrons.